The molecular weight excluding hydrogens is 201 g/mol. The molecule has 0 aliphatic heterocycles. The van der Waals surface area contributed by atoms with Crippen molar-refractivity contribution in [3.63, 3.8) is 0 Å². The summed E-state index contributed by atoms with van der Waals surface area (Å²) in [6.45, 7) is 0. The van der Waals surface area contributed by atoms with Crippen LogP contribution in [0.25, 0.3) is 0 Å². The highest BCUT2D eigenvalue weighted by Crippen LogP contribution is 2.22. The third kappa shape index (κ3) is 2.92. The monoisotopic (exact) mass is 206 g/mol. The van der Waals surface area contributed by atoms with Crippen LogP contribution in [0.3, 0.4) is 0 Å². The highest BCUT2D eigenvalue weighted by molar-refractivity contribution is 5.74. The normalized spacial score (nSPS) is 11.1. The Hall–Kier alpha value is -1.79. The number of carbonyl (C=O) groups is 1. The van der Waals surface area contributed by atoms with Crippen LogP contribution in [-0.4, -0.2) is 17.6 Å². The Balaban J connectivity index is 2.98. The molecule has 7 heteroatoms. The first-order chi connectivity index (χ1) is 6.40. The number of carbonyl (C=O) groups excluding carboxylic acids is 1. The molecule has 1 heterocycles. The van der Waals surface area contributed by atoms with E-state index in [9.17, 15) is 18.0 Å². The van der Waals surface area contributed by atoms with Crippen molar-refractivity contribution in [3.8, 4) is 5.88 Å². The molecule has 4 nitrogen and oxygen atoms in total. The van der Waals surface area contributed by atoms with E-state index in [2.05, 4.69) is 9.72 Å². The summed E-state index contributed by atoms with van der Waals surface area (Å²) >= 11 is 0. The molecule has 0 radical (unpaired) electrons. The number of nitrogens with two attached hydrogens (primary N) is 1. The molecule has 0 fully saturated rings. The number of rotatable bonds is 2. The molecule has 76 valence electrons. The lowest BCUT2D eigenvalue weighted by Gasteiger charge is -2.08. The number of hydrogen-bond acceptors (Lipinski definition) is 4. The van der Waals surface area contributed by atoms with Crippen LogP contribution < -0.4 is 10.5 Å². The van der Waals surface area contributed by atoms with E-state index in [1.165, 1.54) is 0 Å². The lowest BCUT2D eigenvalue weighted by molar-refractivity contribution is -0.276. The van der Waals surface area contributed by atoms with Crippen LogP contribution in [0.2, 0.25) is 0 Å². The number of pyridine rings is 1. The van der Waals surface area contributed by atoms with E-state index in [1.54, 1.807) is 0 Å². The van der Waals surface area contributed by atoms with Crippen molar-refractivity contribution in [1.29, 1.82) is 0 Å². The third-order valence-corrected chi connectivity index (χ3v) is 1.19. The molecule has 1 rings (SSSR count). The highest BCUT2D eigenvalue weighted by atomic mass is 19.4. The van der Waals surface area contributed by atoms with E-state index in [1.807, 2.05) is 0 Å². The number of nitrogens with zero attached hydrogens (tertiary/aromatic N) is 1. The molecule has 0 amide bonds. The van der Waals surface area contributed by atoms with Crippen molar-refractivity contribution in [2.75, 3.05) is 5.73 Å². The predicted molar refractivity (Wildman–Crippen MR) is 40.7 cm³/mol. The topological polar surface area (TPSA) is 65.2 Å². The Morgan fingerprint density at radius 1 is 1.43 bits per heavy atom. The molecule has 14 heavy (non-hydrogen) atoms. The van der Waals surface area contributed by atoms with Crippen molar-refractivity contribution in [2.45, 2.75) is 6.36 Å². The van der Waals surface area contributed by atoms with Gasteiger partial charge in [0, 0.05) is 11.8 Å². The molecule has 1 aromatic heterocycles. The lowest BCUT2D eigenvalue weighted by atomic mass is 10.3. The SMILES string of the molecule is Nc1cc(C=O)nc(OC(F)(F)F)c1. The molecule has 0 saturated carbocycles. The van der Waals surface area contributed by atoms with Crippen molar-refractivity contribution in [2.24, 2.45) is 0 Å². The van der Waals surface area contributed by atoms with Crippen LogP contribution in [0, 0.1) is 0 Å². The van der Waals surface area contributed by atoms with Gasteiger partial charge in [-0.1, -0.05) is 0 Å². The Bertz CT molecular complexity index is 351. The van der Waals surface area contributed by atoms with E-state index in [4.69, 9.17) is 5.73 Å². The second kappa shape index (κ2) is 3.52. The van der Waals surface area contributed by atoms with Gasteiger partial charge in [0.2, 0.25) is 5.88 Å². The summed E-state index contributed by atoms with van der Waals surface area (Å²) in [6, 6.07) is 2.01. The van der Waals surface area contributed by atoms with Crippen molar-refractivity contribution in [3.05, 3.63) is 17.8 Å². The zero-order valence-electron chi connectivity index (χ0n) is 6.71. The third-order valence-electron chi connectivity index (χ3n) is 1.19. The second-order valence-electron chi connectivity index (χ2n) is 2.33. The van der Waals surface area contributed by atoms with Gasteiger partial charge >= 0.3 is 6.36 Å². The quantitative estimate of drug-likeness (QED) is 0.742. The average molecular weight is 206 g/mol. The second-order valence-corrected chi connectivity index (χ2v) is 2.33. The van der Waals surface area contributed by atoms with E-state index < -0.39 is 12.2 Å². The van der Waals surface area contributed by atoms with Crippen molar-refractivity contribution in [1.82, 2.24) is 4.98 Å². The number of anilines is 1. The summed E-state index contributed by atoms with van der Waals surface area (Å²) in [7, 11) is 0. The summed E-state index contributed by atoms with van der Waals surface area (Å²) < 4.78 is 38.6. The van der Waals surface area contributed by atoms with E-state index in [-0.39, 0.29) is 17.7 Å². The van der Waals surface area contributed by atoms with Crippen LogP contribution in [-0.2, 0) is 0 Å². The minimum absolute atomic E-state index is 0.0265. The maximum absolute atomic E-state index is 11.7. The number of nitrogen functional groups attached to an aromatic ring is 1. The molecule has 1 aromatic rings. The Morgan fingerprint density at radius 3 is 2.57 bits per heavy atom. The van der Waals surface area contributed by atoms with E-state index in [0.29, 0.717) is 0 Å². The molecule has 0 spiro atoms. The first-order valence-electron chi connectivity index (χ1n) is 3.39. The average Bonchev–Trinajstić information content (AvgIpc) is 1.99. The van der Waals surface area contributed by atoms with Gasteiger partial charge < -0.3 is 10.5 Å². The summed E-state index contributed by atoms with van der Waals surface area (Å²) in [5, 5.41) is 0. The molecule has 2 N–H and O–H groups in total. The fraction of sp³-hybridized carbons (Fsp3) is 0.143. The zero-order chi connectivity index (χ0) is 10.8. The molecule has 0 aliphatic rings. The van der Waals surface area contributed by atoms with Gasteiger partial charge in [-0.2, -0.15) is 0 Å². The maximum Gasteiger partial charge on any atom is 0.574 e. The fourth-order valence-electron chi connectivity index (χ4n) is 0.778. The predicted octanol–water partition coefficient (Wildman–Crippen LogP) is 1.37. The van der Waals surface area contributed by atoms with Gasteiger partial charge in [-0.15, -0.1) is 13.2 Å². The van der Waals surface area contributed by atoms with Crippen LogP contribution in [0.15, 0.2) is 12.1 Å². The van der Waals surface area contributed by atoms with E-state index >= 15 is 0 Å². The minimum Gasteiger partial charge on any atom is -0.399 e. The molecular formula is C7H5F3N2O2. The van der Waals surface area contributed by atoms with Gasteiger partial charge in [0.25, 0.3) is 0 Å². The van der Waals surface area contributed by atoms with Gasteiger partial charge in [0.1, 0.15) is 5.69 Å². The highest BCUT2D eigenvalue weighted by Gasteiger charge is 2.31. The van der Waals surface area contributed by atoms with Crippen LogP contribution in [0.1, 0.15) is 10.5 Å². The molecule has 0 aromatic carbocycles. The number of aldehydes is 1. The van der Waals surface area contributed by atoms with Crippen molar-refractivity contribution >= 4 is 12.0 Å². The first kappa shape index (κ1) is 10.3. The van der Waals surface area contributed by atoms with Gasteiger partial charge in [0.05, 0.1) is 0 Å². The first-order valence-corrected chi connectivity index (χ1v) is 3.39. The van der Waals surface area contributed by atoms with Crippen LogP contribution in [0.5, 0.6) is 5.88 Å². The standard InChI is InChI=1S/C7H5F3N2O2/c8-7(9,10)14-6-2-4(11)1-5(3-13)12-6/h1-3H,(H2,11,12). The summed E-state index contributed by atoms with van der Waals surface area (Å²) in [4.78, 5) is 13.5. The summed E-state index contributed by atoms with van der Waals surface area (Å²) in [6.07, 6.45) is -4.57. The molecule has 0 aliphatic carbocycles. The zero-order valence-corrected chi connectivity index (χ0v) is 6.71. The van der Waals surface area contributed by atoms with Crippen molar-refractivity contribution < 1.29 is 22.7 Å². The number of ether oxygens (including phenoxy) is 1. The smallest absolute Gasteiger partial charge is 0.399 e. The fourth-order valence-corrected chi connectivity index (χ4v) is 0.778. The number of alkyl halides is 3. The lowest BCUT2D eigenvalue weighted by Crippen LogP contribution is -2.18. The summed E-state index contributed by atoms with van der Waals surface area (Å²) in [5.74, 6) is -0.750. The van der Waals surface area contributed by atoms with Crippen LogP contribution in [0.4, 0.5) is 18.9 Å². The molecule has 0 saturated heterocycles. The van der Waals surface area contributed by atoms with Gasteiger partial charge in [-0.25, -0.2) is 4.98 Å². The number of aromatic nitrogens is 1. The van der Waals surface area contributed by atoms with E-state index in [0.717, 1.165) is 12.1 Å². The summed E-state index contributed by atoms with van der Waals surface area (Å²) in [5.41, 5.74) is 4.96. The number of halogens is 3. The van der Waals surface area contributed by atoms with Gasteiger partial charge in [-0.3, -0.25) is 4.79 Å². The largest absolute Gasteiger partial charge is 0.574 e. The van der Waals surface area contributed by atoms with Gasteiger partial charge in [0.15, 0.2) is 6.29 Å². The molecule has 0 unspecified atom stereocenters. The van der Waals surface area contributed by atoms with Crippen LogP contribution >= 0.6 is 0 Å². The van der Waals surface area contributed by atoms with Gasteiger partial charge in [-0.05, 0) is 6.07 Å². The minimum atomic E-state index is -4.85. The Labute approximate surface area is 76.5 Å². The molecule has 0 bridgehead atoms. The number of hydrogen-bond donors (Lipinski definition) is 1. The Morgan fingerprint density at radius 2 is 2.07 bits per heavy atom. The Kier molecular flexibility index (Phi) is 2.59. The molecule has 0 atom stereocenters. The maximum atomic E-state index is 11.7.